The molecule has 2 N–H and O–H groups in total. The maximum atomic E-state index is 12.7. The molecule has 0 fully saturated rings. The monoisotopic (exact) mass is 422 g/mol. The lowest BCUT2D eigenvalue weighted by Crippen LogP contribution is -2.46. The third-order valence-corrected chi connectivity index (χ3v) is 6.31. The molecule has 1 heterocycles. The quantitative estimate of drug-likeness (QED) is 0.643. The van der Waals surface area contributed by atoms with Crippen molar-refractivity contribution in [2.45, 2.75) is 23.9 Å². The highest BCUT2D eigenvalue weighted by molar-refractivity contribution is 7.98. The maximum Gasteiger partial charge on any atom is 0.241 e. The molecule has 1 atom stereocenters. The van der Waals surface area contributed by atoms with Crippen molar-refractivity contribution in [2.75, 3.05) is 18.8 Å². The number of ether oxygens (including phenoxy) is 2. The van der Waals surface area contributed by atoms with Crippen LogP contribution in [0.3, 0.4) is 0 Å². The lowest BCUT2D eigenvalue weighted by Gasteiger charge is -2.18. The van der Waals surface area contributed by atoms with Crippen molar-refractivity contribution in [3.8, 4) is 11.5 Å². The van der Waals surface area contributed by atoms with E-state index in [4.69, 9.17) is 9.47 Å². The van der Waals surface area contributed by atoms with E-state index < -0.39 is 16.1 Å². The molecule has 0 saturated carbocycles. The van der Waals surface area contributed by atoms with Gasteiger partial charge in [0.2, 0.25) is 22.7 Å². The number of amides is 1. The van der Waals surface area contributed by atoms with Gasteiger partial charge in [-0.25, -0.2) is 8.42 Å². The minimum atomic E-state index is -3.78. The van der Waals surface area contributed by atoms with E-state index in [2.05, 4.69) is 10.0 Å². The van der Waals surface area contributed by atoms with Crippen molar-refractivity contribution in [1.29, 1.82) is 0 Å². The first-order valence-corrected chi connectivity index (χ1v) is 11.6. The fraction of sp³-hybridized carbons (Fsp3) is 0.316. The zero-order chi connectivity index (χ0) is 20.0. The zero-order valence-electron chi connectivity index (χ0n) is 15.4. The van der Waals surface area contributed by atoms with Crippen molar-refractivity contribution in [3.63, 3.8) is 0 Å². The van der Waals surface area contributed by atoms with Crippen molar-refractivity contribution >= 4 is 27.7 Å². The molecule has 0 radical (unpaired) electrons. The number of rotatable bonds is 9. The predicted molar refractivity (Wildman–Crippen MR) is 108 cm³/mol. The van der Waals surface area contributed by atoms with Gasteiger partial charge < -0.3 is 14.8 Å². The molecule has 0 aliphatic carbocycles. The van der Waals surface area contributed by atoms with Crippen molar-refractivity contribution in [1.82, 2.24) is 10.0 Å². The molecule has 1 unspecified atom stereocenters. The minimum absolute atomic E-state index is 0.132. The van der Waals surface area contributed by atoms with Crippen LogP contribution < -0.4 is 19.5 Å². The molecule has 0 aromatic heterocycles. The molecule has 1 aliphatic heterocycles. The van der Waals surface area contributed by atoms with Crippen LogP contribution in [0.1, 0.15) is 12.0 Å². The number of sulfonamides is 1. The summed E-state index contributed by atoms with van der Waals surface area (Å²) in [6.45, 7) is 0.446. The van der Waals surface area contributed by atoms with Crippen LogP contribution in [0.25, 0.3) is 0 Å². The van der Waals surface area contributed by atoms with E-state index in [1.165, 1.54) is 12.1 Å². The summed E-state index contributed by atoms with van der Waals surface area (Å²) in [5.41, 5.74) is 0.840. The van der Waals surface area contributed by atoms with E-state index >= 15 is 0 Å². The standard InChI is InChI=1S/C19H22N2O5S2/c1-27-10-9-16(21-28(23,24)15-5-3-2-4-6-15)19(22)20-12-14-7-8-17-18(11-14)26-13-25-17/h2-8,11,16,21H,9-10,12-13H2,1H3,(H,20,22). The minimum Gasteiger partial charge on any atom is -0.454 e. The normalized spacial score (nSPS) is 13.9. The number of hydrogen-bond donors (Lipinski definition) is 2. The highest BCUT2D eigenvalue weighted by Gasteiger charge is 2.25. The van der Waals surface area contributed by atoms with Gasteiger partial charge in [0.25, 0.3) is 0 Å². The van der Waals surface area contributed by atoms with Crippen LogP contribution in [0, 0.1) is 0 Å². The number of fused-ring (bicyclic) bond motifs is 1. The molecular weight excluding hydrogens is 400 g/mol. The number of carbonyl (C=O) groups is 1. The summed E-state index contributed by atoms with van der Waals surface area (Å²) in [6, 6.07) is 12.6. The maximum absolute atomic E-state index is 12.7. The SMILES string of the molecule is CSCCC(NS(=O)(=O)c1ccccc1)C(=O)NCc1ccc2c(c1)OCO2. The lowest BCUT2D eigenvalue weighted by molar-refractivity contribution is -0.122. The van der Waals surface area contributed by atoms with Crippen LogP contribution in [0.2, 0.25) is 0 Å². The Bertz CT molecular complexity index is 919. The molecule has 0 bridgehead atoms. The third kappa shape index (κ3) is 5.18. The van der Waals surface area contributed by atoms with Crippen LogP contribution >= 0.6 is 11.8 Å². The average Bonchev–Trinajstić information content (AvgIpc) is 3.17. The molecule has 150 valence electrons. The fourth-order valence-corrected chi connectivity index (χ4v) is 4.42. The summed E-state index contributed by atoms with van der Waals surface area (Å²) in [4.78, 5) is 12.8. The van der Waals surface area contributed by atoms with Gasteiger partial charge in [0.1, 0.15) is 6.04 Å². The Morgan fingerprint density at radius 1 is 1.14 bits per heavy atom. The van der Waals surface area contributed by atoms with Crippen LogP contribution in [0.15, 0.2) is 53.4 Å². The Morgan fingerprint density at radius 2 is 1.89 bits per heavy atom. The summed E-state index contributed by atoms with van der Waals surface area (Å²) in [5, 5.41) is 2.80. The Labute approximate surface area is 168 Å². The molecule has 7 nitrogen and oxygen atoms in total. The van der Waals surface area contributed by atoms with Gasteiger partial charge in [-0.1, -0.05) is 24.3 Å². The summed E-state index contributed by atoms with van der Waals surface area (Å²) in [7, 11) is -3.78. The van der Waals surface area contributed by atoms with E-state index in [9.17, 15) is 13.2 Å². The van der Waals surface area contributed by atoms with Gasteiger partial charge in [-0.3, -0.25) is 4.79 Å². The van der Waals surface area contributed by atoms with E-state index in [0.29, 0.717) is 23.7 Å². The summed E-state index contributed by atoms with van der Waals surface area (Å²) < 4.78 is 38.3. The molecule has 2 aromatic rings. The van der Waals surface area contributed by atoms with Gasteiger partial charge in [0, 0.05) is 6.54 Å². The van der Waals surface area contributed by atoms with Crippen molar-refractivity contribution < 1.29 is 22.7 Å². The Balaban J connectivity index is 1.66. The smallest absolute Gasteiger partial charge is 0.241 e. The Morgan fingerprint density at radius 3 is 2.64 bits per heavy atom. The van der Waals surface area contributed by atoms with E-state index in [0.717, 1.165) is 5.56 Å². The number of carbonyl (C=O) groups excluding carboxylic acids is 1. The zero-order valence-corrected chi connectivity index (χ0v) is 17.0. The first kappa shape index (κ1) is 20.5. The summed E-state index contributed by atoms with van der Waals surface area (Å²) in [6.07, 6.45) is 2.30. The number of hydrogen-bond acceptors (Lipinski definition) is 6. The van der Waals surface area contributed by atoms with E-state index in [1.807, 2.05) is 12.3 Å². The molecule has 3 rings (SSSR count). The molecule has 1 aliphatic rings. The molecule has 9 heteroatoms. The van der Waals surface area contributed by atoms with Crippen LogP contribution in [0.4, 0.5) is 0 Å². The second kappa shape index (κ2) is 9.31. The summed E-state index contributed by atoms with van der Waals surface area (Å²) in [5.74, 6) is 1.59. The number of benzene rings is 2. The molecule has 2 aromatic carbocycles. The Hall–Kier alpha value is -2.23. The topological polar surface area (TPSA) is 93.7 Å². The van der Waals surface area contributed by atoms with Gasteiger partial charge in [-0.15, -0.1) is 0 Å². The highest BCUT2D eigenvalue weighted by Crippen LogP contribution is 2.32. The summed E-state index contributed by atoms with van der Waals surface area (Å²) >= 11 is 1.55. The molecule has 0 saturated heterocycles. The molecule has 28 heavy (non-hydrogen) atoms. The Kier molecular flexibility index (Phi) is 6.82. The predicted octanol–water partition coefficient (Wildman–Crippen LogP) is 2.13. The lowest BCUT2D eigenvalue weighted by atomic mass is 10.2. The number of thioether (sulfide) groups is 1. The van der Waals surface area contributed by atoms with Gasteiger partial charge in [0.05, 0.1) is 4.90 Å². The largest absolute Gasteiger partial charge is 0.454 e. The fourth-order valence-electron chi connectivity index (χ4n) is 2.70. The number of nitrogens with one attached hydrogen (secondary N) is 2. The van der Waals surface area contributed by atoms with E-state index in [-0.39, 0.29) is 24.1 Å². The van der Waals surface area contributed by atoms with Crippen LogP contribution in [-0.4, -0.2) is 39.2 Å². The van der Waals surface area contributed by atoms with Crippen LogP contribution in [-0.2, 0) is 21.4 Å². The van der Waals surface area contributed by atoms with Gasteiger partial charge >= 0.3 is 0 Å². The van der Waals surface area contributed by atoms with E-state index in [1.54, 1.807) is 42.1 Å². The second-order valence-corrected chi connectivity index (χ2v) is 8.87. The van der Waals surface area contributed by atoms with Gasteiger partial charge in [-0.2, -0.15) is 16.5 Å². The second-order valence-electron chi connectivity index (χ2n) is 6.17. The van der Waals surface area contributed by atoms with Gasteiger partial charge in [-0.05, 0) is 48.3 Å². The molecule has 1 amide bonds. The molecular formula is C19H22N2O5S2. The van der Waals surface area contributed by atoms with Gasteiger partial charge in [0.15, 0.2) is 11.5 Å². The molecule has 0 spiro atoms. The van der Waals surface area contributed by atoms with Crippen molar-refractivity contribution in [3.05, 3.63) is 54.1 Å². The third-order valence-electron chi connectivity index (χ3n) is 4.18. The average molecular weight is 423 g/mol. The van der Waals surface area contributed by atoms with Crippen LogP contribution in [0.5, 0.6) is 11.5 Å². The first-order valence-electron chi connectivity index (χ1n) is 8.72. The van der Waals surface area contributed by atoms with Crippen molar-refractivity contribution in [2.24, 2.45) is 0 Å². The first-order chi connectivity index (χ1) is 13.5. The highest BCUT2D eigenvalue weighted by atomic mass is 32.2.